The molecule has 3 heteroatoms. The van der Waals surface area contributed by atoms with Crippen LogP contribution in [0.4, 0.5) is 0 Å². The van der Waals surface area contributed by atoms with Crippen molar-refractivity contribution in [2.75, 3.05) is 6.61 Å². The second-order valence-corrected chi connectivity index (χ2v) is 4.65. The summed E-state index contributed by atoms with van der Waals surface area (Å²) in [4.78, 5) is 0. The van der Waals surface area contributed by atoms with Gasteiger partial charge >= 0.3 is 0 Å². The molecule has 82 valence electrons. The van der Waals surface area contributed by atoms with E-state index in [1.54, 1.807) is 0 Å². The van der Waals surface area contributed by atoms with Gasteiger partial charge in [-0.1, -0.05) is 13.3 Å². The predicted molar refractivity (Wildman–Crippen MR) is 52.6 cm³/mol. The molecule has 2 fully saturated rings. The van der Waals surface area contributed by atoms with E-state index >= 15 is 0 Å². The molecule has 3 nitrogen and oxygen atoms in total. The van der Waals surface area contributed by atoms with Crippen molar-refractivity contribution in [1.82, 2.24) is 0 Å². The number of aliphatic hydroxyl groups excluding tert-OH is 1. The summed E-state index contributed by atoms with van der Waals surface area (Å²) in [5, 5.41) is 20.1. The second-order valence-electron chi connectivity index (χ2n) is 4.65. The number of rotatable bonds is 2. The fourth-order valence-electron chi connectivity index (χ4n) is 3.07. The summed E-state index contributed by atoms with van der Waals surface area (Å²) in [6, 6.07) is 0. The number of fused-ring (bicyclic) bond motifs is 1. The zero-order valence-electron chi connectivity index (χ0n) is 8.78. The molecule has 1 saturated heterocycles. The normalized spacial score (nSPS) is 47.8. The lowest BCUT2D eigenvalue weighted by Gasteiger charge is -2.41. The molecule has 1 heterocycles. The van der Waals surface area contributed by atoms with E-state index in [1.807, 2.05) is 0 Å². The average molecular weight is 200 g/mol. The van der Waals surface area contributed by atoms with Gasteiger partial charge in [0.2, 0.25) is 0 Å². The third kappa shape index (κ3) is 1.58. The lowest BCUT2D eigenvalue weighted by Crippen LogP contribution is -2.48. The fraction of sp³-hybridized carbons (Fsp3) is 1.00. The van der Waals surface area contributed by atoms with Crippen molar-refractivity contribution in [1.29, 1.82) is 0 Å². The van der Waals surface area contributed by atoms with Crippen molar-refractivity contribution in [2.24, 2.45) is 11.8 Å². The van der Waals surface area contributed by atoms with Crippen LogP contribution < -0.4 is 0 Å². The minimum absolute atomic E-state index is 0.159. The highest BCUT2D eigenvalue weighted by atomic mass is 16.6. The standard InChI is InChI=1S/C11H20O3/c1-2-3-8-9-5-7-14-11(9,13)6-4-10(8)12/h8-10,12-13H,2-7H2,1H3. The average Bonchev–Trinajstić information content (AvgIpc) is 2.54. The van der Waals surface area contributed by atoms with Gasteiger partial charge in [0.15, 0.2) is 5.79 Å². The van der Waals surface area contributed by atoms with E-state index in [-0.39, 0.29) is 17.9 Å². The first-order chi connectivity index (χ1) is 6.67. The van der Waals surface area contributed by atoms with E-state index in [0.717, 1.165) is 19.3 Å². The van der Waals surface area contributed by atoms with Crippen LogP contribution in [-0.2, 0) is 4.74 Å². The van der Waals surface area contributed by atoms with E-state index < -0.39 is 5.79 Å². The van der Waals surface area contributed by atoms with Gasteiger partial charge in [0, 0.05) is 12.3 Å². The molecule has 0 aromatic heterocycles. The highest BCUT2D eigenvalue weighted by Gasteiger charge is 2.51. The molecule has 2 rings (SSSR count). The molecule has 14 heavy (non-hydrogen) atoms. The first-order valence-corrected chi connectivity index (χ1v) is 5.72. The molecular weight excluding hydrogens is 180 g/mol. The molecule has 2 N–H and O–H groups in total. The second kappa shape index (κ2) is 3.80. The van der Waals surface area contributed by atoms with Gasteiger partial charge in [0.25, 0.3) is 0 Å². The Hall–Kier alpha value is -0.120. The SMILES string of the molecule is CCCC1C(O)CCC2(O)OCCC12. The van der Waals surface area contributed by atoms with Gasteiger partial charge in [-0.2, -0.15) is 0 Å². The minimum Gasteiger partial charge on any atom is -0.393 e. The van der Waals surface area contributed by atoms with Gasteiger partial charge in [-0.05, 0) is 25.2 Å². The summed E-state index contributed by atoms with van der Waals surface area (Å²) in [6.07, 6.45) is 4.00. The Balaban J connectivity index is 2.12. The van der Waals surface area contributed by atoms with Gasteiger partial charge in [-0.15, -0.1) is 0 Å². The maximum absolute atomic E-state index is 10.2. The number of hydrogen-bond donors (Lipinski definition) is 2. The van der Waals surface area contributed by atoms with Crippen molar-refractivity contribution in [3.63, 3.8) is 0 Å². The Bertz CT molecular complexity index is 207. The van der Waals surface area contributed by atoms with Gasteiger partial charge < -0.3 is 14.9 Å². The van der Waals surface area contributed by atoms with Gasteiger partial charge in [-0.3, -0.25) is 0 Å². The number of ether oxygens (including phenoxy) is 1. The molecule has 0 bridgehead atoms. The van der Waals surface area contributed by atoms with Crippen molar-refractivity contribution >= 4 is 0 Å². The van der Waals surface area contributed by atoms with Crippen LogP contribution in [0.1, 0.15) is 39.0 Å². The minimum atomic E-state index is -0.918. The largest absolute Gasteiger partial charge is 0.393 e. The molecule has 0 aromatic rings. The topological polar surface area (TPSA) is 49.7 Å². The first-order valence-electron chi connectivity index (χ1n) is 5.72. The Morgan fingerprint density at radius 2 is 2.21 bits per heavy atom. The lowest BCUT2D eigenvalue weighted by atomic mass is 9.71. The third-order valence-corrected chi connectivity index (χ3v) is 3.79. The van der Waals surface area contributed by atoms with E-state index in [2.05, 4.69) is 6.92 Å². The zero-order chi connectivity index (χ0) is 10.2. The van der Waals surface area contributed by atoms with E-state index in [9.17, 15) is 10.2 Å². The molecule has 2 aliphatic rings. The molecule has 0 radical (unpaired) electrons. The predicted octanol–water partition coefficient (Wildman–Crippen LogP) is 1.28. The van der Waals surface area contributed by atoms with Crippen molar-refractivity contribution in [3.8, 4) is 0 Å². The Kier molecular flexibility index (Phi) is 2.82. The van der Waals surface area contributed by atoms with Crippen LogP contribution in [0.5, 0.6) is 0 Å². The number of hydrogen-bond acceptors (Lipinski definition) is 3. The molecule has 4 unspecified atom stereocenters. The smallest absolute Gasteiger partial charge is 0.168 e. The third-order valence-electron chi connectivity index (χ3n) is 3.79. The highest BCUT2D eigenvalue weighted by Crippen LogP contribution is 2.46. The summed E-state index contributed by atoms with van der Waals surface area (Å²) in [5.41, 5.74) is 0. The molecular formula is C11H20O3. The highest BCUT2D eigenvalue weighted by molar-refractivity contribution is 4.95. The van der Waals surface area contributed by atoms with E-state index in [1.165, 1.54) is 0 Å². The summed E-state index contributed by atoms with van der Waals surface area (Å²) in [6.45, 7) is 2.77. The summed E-state index contributed by atoms with van der Waals surface area (Å²) in [5.74, 6) is -0.522. The van der Waals surface area contributed by atoms with E-state index in [4.69, 9.17) is 4.74 Å². The Morgan fingerprint density at radius 1 is 1.43 bits per heavy atom. The Labute approximate surface area is 85.1 Å². The molecule has 1 aliphatic heterocycles. The van der Waals surface area contributed by atoms with Crippen molar-refractivity contribution in [2.45, 2.75) is 50.9 Å². The van der Waals surface area contributed by atoms with Crippen LogP contribution in [0.2, 0.25) is 0 Å². The van der Waals surface area contributed by atoms with Gasteiger partial charge in [-0.25, -0.2) is 0 Å². The molecule has 0 spiro atoms. The van der Waals surface area contributed by atoms with E-state index in [0.29, 0.717) is 19.4 Å². The zero-order valence-corrected chi connectivity index (χ0v) is 8.78. The van der Waals surface area contributed by atoms with Gasteiger partial charge in [0.1, 0.15) is 0 Å². The van der Waals surface area contributed by atoms with Crippen LogP contribution in [0.15, 0.2) is 0 Å². The van der Waals surface area contributed by atoms with Gasteiger partial charge in [0.05, 0.1) is 12.7 Å². The molecule has 0 amide bonds. The molecule has 4 atom stereocenters. The van der Waals surface area contributed by atoms with Crippen LogP contribution >= 0.6 is 0 Å². The Morgan fingerprint density at radius 3 is 2.93 bits per heavy atom. The maximum atomic E-state index is 10.2. The van der Waals surface area contributed by atoms with Crippen molar-refractivity contribution < 1.29 is 14.9 Å². The van der Waals surface area contributed by atoms with Crippen LogP contribution in [-0.4, -0.2) is 28.7 Å². The van der Waals surface area contributed by atoms with Crippen LogP contribution in [0.3, 0.4) is 0 Å². The molecule has 1 aliphatic carbocycles. The van der Waals surface area contributed by atoms with Crippen LogP contribution in [0.25, 0.3) is 0 Å². The maximum Gasteiger partial charge on any atom is 0.168 e. The first kappa shape index (κ1) is 10.4. The van der Waals surface area contributed by atoms with Crippen molar-refractivity contribution in [3.05, 3.63) is 0 Å². The summed E-state index contributed by atoms with van der Waals surface area (Å²) in [7, 11) is 0. The molecule has 1 saturated carbocycles. The fourth-order valence-corrected chi connectivity index (χ4v) is 3.07. The molecule has 0 aromatic carbocycles. The lowest BCUT2D eigenvalue weighted by molar-refractivity contribution is -0.234. The summed E-state index contributed by atoms with van der Waals surface area (Å²) >= 11 is 0. The number of aliphatic hydroxyl groups is 2. The summed E-state index contributed by atoms with van der Waals surface area (Å²) < 4.78 is 5.41. The van der Waals surface area contributed by atoms with Crippen LogP contribution in [0, 0.1) is 11.8 Å². The monoisotopic (exact) mass is 200 g/mol. The quantitative estimate of drug-likeness (QED) is 0.706.